The smallest absolute Gasteiger partial charge is 0.329 e. The fourth-order valence-corrected chi connectivity index (χ4v) is 9.15. The van der Waals surface area contributed by atoms with E-state index in [-0.39, 0.29) is 31.0 Å². The van der Waals surface area contributed by atoms with E-state index in [0.29, 0.717) is 24.8 Å². The Morgan fingerprint density at radius 2 is 1.44 bits per heavy atom. The number of aromatic nitrogens is 1. The van der Waals surface area contributed by atoms with Gasteiger partial charge in [0.05, 0.1) is 24.7 Å². The third-order valence-electron chi connectivity index (χ3n) is 13.9. The summed E-state index contributed by atoms with van der Waals surface area (Å²) in [5.74, 6) is -11.1. The van der Waals surface area contributed by atoms with Crippen molar-refractivity contribution in [3.8, 4) is 0 Å². The molecule has 0 radical (unpaired) electrons. The number of carboxylic acid groups (broad SMARTS) is 1. The maximum absolute atomic E-state index is 14.7. The Bertz CT molecular complexity index is 2480. The van der Waals surface area contributed by atoms with Crippen LogP contribution in [0.2, 0.25) is 0 Å². The monoisotopic (exact) mass is 1010 g/mol. The summed E-state index contributed by atoms with van der Waals surface area (Å²) in [6.07, 6.45) is 2.99. The number of carbonyl (C=O) groups is 9. The molecule has 0 bridgehead atoms. The topological polar surface area (TPSA) is 281 Å². The van der Waals surface area contributed by atoms with Crippen LogP contribution in [0.25, 0.3) is 6.08 Å². The number of benzene rings is 2. The van der Waals surface area contributed by atoms with E-state index in [1.165, 1.54) is 37.1 Å². The number of nitrogens with two attached hydrogens (primary N) is 1. The molecule has 5 rings (SSSR count). The second-order valence-electron chi connectivity index (χ2n) is 19.2. The summed E-state index contributed by atoms with van der Waals surface area (Å²) >= 11 is 0. The van der Waals surface area contributed by atoms with Crippen LogP contribution in [-0.4, -0.2) is 135 Å². The molecule has 1 aromatic heterocycles. The molecule has 20 nitrogen and oxygen atoms in total. The van der Waals surface area contributed by atoms with E-state index in [2.05, 4.69) is 20.9 Å². The lowest BCUT2D eigenvalue weighted by molar-refractivity contribution is -0.159. The third-order valence-corrected chi connectivity index (χ3v) is 13.9. The first-order valence-electron chi connectivity index (χ1n) is 24.8. The lowest BCUT2D eigenvalue weighted by Crippen LogP contribution is -2.61. The summed E-state index contributed by atoms with van der Waals surface area (Å²) in [6, 6.07) is 9.60. The van der Waals surface area contributed by atoms with Crippen molar-refractivity contribution in [2.75, 3.05) is 20.6 Å². The van der Waals surface area contributed by atoms with E-state index in [1.807, 2.05) is 49.4 Å². The fraction of sp³-hybridized carbons (Fsp3) is 0.509. The Balaban J connectivity index is 1.63. The summed E-state index contributed by atoms with van der Waals surface area (Å²) in [5.41, 5.74) is 7.14. The number of amides is 7. The predicted octanol–water partition coefficient (Wildman–Crippen LogP) is 3.51. The number of ether oxygens (including phenoxy) is 1. The van der Waals surface area contributed by atoms with E-state index in [4.69, 9.17) is 14.9 Å². The number of esters is 1. The number of hydrogen-bond donors (Lipinski definition) is 5. The molecule has 2 aliphatic heterocycles. The zero-order valence-corrected chi connectivity index (χ0v) is 42.8. The number of oxazole rings is 1. The molecule has 2 aromatic carbocycles. The molecule has 0 spiro atoms. The van der Waals surface area contributed by atoms with Gasteiger partial charge in [-0.15, -0.1) is 0 Å². The molecule has 0 saturated carbocycles. The number of carboxylic acids is 1. The van der Waals surface area contributed by atoms with E-state index < -0.39 is 132 Å². The minimum Gasteiger partial charge on any atom is -0.480 e. The summed E-state index contributed by atoms with van der Waals surface area (Å²) in [7, 11) is 2.71. The first-order chi connectivity index (χ1) is 34.7. The van der Waals surface area contributed by atoms with E-state index in [1.54, 1.807) is 58.0 Å². The van der Waals surface area contributed by atoms with Crippen molar-refractivity contribution in [3.05, 3.63) is 95.7 Å². The average Bonchev–Trinajstić information content (AvgIpc) is 4.08. The quantitative estimate of drug-likeness (QED) is 0.154. The fourth-order valence-electron chi connectivity index (χ4n) is 9.15. The van der Waals surface area contributed by atoms with Gasteiger partial charge in [-0.1, -0.05) is 120 Å². The Kier molecular flexibility index (Phi) is 20.0. The normalized spacial score (nSPS) is 25.8. The van der Waals surface area contributed by atoms with Gasteiger partial charge in [0.1, 0.15) is 48.2 Å². The van der Waals surface area contributed by atoms with Gasteiger partial charge in [0.25, 0.3) is 0 Å². The number of allylic oxidation sites excluding steroid dienone is 1. The van der Waals surface area contributed by atoms with Crippen LogP contribution in [0.4, 0.5) is 0 Å². The van der Waals surface area contributed by atoms with E-state index >= 15 is 0 Å². The predicted molar refractivity (Wildman–Crippen MR) is 267 cm³/mol. The van der Waals surface area contributed by atoms with Gasteiger partial charge in [-0.2, -0.15) is 0 Å². The molecule has 73 heavy (non-hydrogen) atoms. The third kappa shape index (κ3) is 14.4. The number of rotatable bonds is 13. The molecule has 0 unspecified atom stereocenters. The number of carbonyl (C=O) groups excluding carboxylic acids is 8. The number of hydrogen-bond acceptors (Lipinski definition) is 12. The highest BCUT2D eigenvalue weighted by atomic mass is 16.5. The molecule has 2 aliphatic rings. The van der Waals surface area contributed by atoms with Crippen LogP contribution in [0.1, 0.15) is 115 Å². The van der Waals surface area contributed by atoms with Crippen LogP contribution in [0.3, 0.4) is 0 Å². The standard InChI is InChI=1S/C53H70N8O12/c1-9-30(3)43-48(66)55-36(27-41(54)62)50(67)61-25-17-22-40(61)47(65)57-38(26-35-20-15-12-16-21-35)53(71)73-45(39-29-72-49(58-39)32(5)23-24-34-18-13-11-14-19-34)33(6)46(64)56-37(52(69)70)28-42(63)59(7)44(31(4)10-2)51(68)60(43)8/h11-16,18-21,23-24,29-33,36-38,40,43-45H,9-10,17,22,25-28H2,1-8H3,(H2,54,62)(H,55,66)(H,56,64)(H,57,65)(H,69,70)/t30-,31+,32-,33+,36-,37+,38-,40-,43-,44+,45+/m0/s1. The van der Waals surface area contributed by atoms with Gasteiger partial charge in [-0.3, -0.25) is 33.6 Å². The molecule has 3 heterocycles. The van der Waals surface area contributed by atoms with Gasteiger partial charge in [0.2, 0.25) is 47.2 Å². The van der Waals surface area contributed by atoms with Gasteiger partial charge in [-0.05, 0) is 42.7 Å². The summed E-state index contributed by atoms with van der Waals surface area (Å²) in [5, 5.41) is 18.3. The molecule has 6 N–H and O–H groups in total. The van der Waals surface area contributed by atoms with Crippen LogP contribution < -0.4 is 21.7 Å². The molecule has 7 amide bonds. The number of nitrogens with one attached hydrogen (secondary N) is 3. The lowest BCUT2D eigenvalue weighted by atomic mass is 9.92. The molecule has 2 fully saturated rings. The second-order valence-corrected chi connectivity index (χ2v) is 19.2. The molecular formula is C53H70N8O12. The van der Waals surface area contributed by atoms with Crippen molar-refractivity contribution < 1.29 is 57.4 Å². The van der Waals surface area contributed by atoms with Gasteiger partial charge in [0.15, 0.2) is 6.10 Å². The van der Waals surface area contributed by atoms with Gasteiger partial charge in [-0.25, -0.2) is 14.6 Å². The molecule has 2 saturated heterocycles. The molecule has 20 heteroatoms. The maximum Gasteiger partial charge on any atom is 0.329 e. The first-order valence-corrected chi connectivity index (χ1v) is 24.8. The largest absolute Gasteiger partial charge is 0.480 e. The van der Waals surface area contributed by atoms with Crippen LogP contribution >= 0.6 is 0 Å². The summed E-state index contributed by atoms with van der Waals surface area (Å²) in [4.78, 5) is 135. The second kappa shape index (κ2) is 25.8. The maximum atomic E-state index is 14.7. The summed E-state index contributed by atoms with van der Waals surface area (Å²) < 4.78 is 12.0. The Morgan fingerprint density at radius 1 is 0.822 bits per heavy atom. The van der Waals surface area contributed by atoms with Gasteiger partial charge in [0, 0.05) is 27.1 Å². The Hall–Kier alpha value is -7.38. The minimum absolute atomic E-state index is 0.0196. The van der Waals surface area contributed by atoms with Crippen molar-refractivity contribution in [2.45, 2.75) is 135 Å². The van der Waals surface area contributed by atoms with Crippen LogP contribution in [-0.2, 0) is 54.3 Å². The lowest BCUT2D eigenvalue weighted by Gasteiger charge is -2.39. The highest BCUT2D eigenvalue weighted by molar-refractivity contribution is 5.98. The molecule has 3 aromatic rings. The van der Waals surface area contributed by atoms with Crippen LogP contribution in [0.15, 0.2) is 77.4 Å². The number of primary amides is 1. The Morgan fingerprint density at radius 3 is 2.05 bits per heavy atom. The molecule has 394 valence electrons. The zero-order chi connectivity index (χ0) is 53.7. The summed E-state index contributed by atoms with van der Waals surface area (Å²) in [6.45, 7) is 10.3. The van der Waals surface area contributed by atoms with Crippen molar-refractivity contribution in [1.82, 2.24) is 35.6 Å². The first kappa shape index (κ1) is 56.5. The van der Waals surface area contributed by atoms with E-state index in [9.17, 15) is 48.3 Å². The van der Waals surface area contributed by atoms with Crippen molar-refractivity contribution in [3.63, 3.8) is 0 Å². The molecule has 11 atom stereocenters. The number of likely N-dealkylation sites (N-methyl/N-ethyl adjacent to an activating group) is 2. The molecular weight excluding hydrogens is 941 g/mol. The number of cyclic esters (lactones) is 1. The van der Waals surface area contributed by atoms with E-state index in [0.717, 1.165) is 10.5 Å². The van der Waals surface area contributed by atoms with Crippen molar-refractivity contribution >= 4 is 59.4 Å². The number of nitrogens with zero attached hydrogens (tertiary/aromatic N) is 4. The highest BCUT2D eigenvalue weighted by Gasteiger charge is 2.44. The number of aliphatic carboxylic acids is 1. The van der Waals surface area contributed by atoms with Crippen molar-refractivity contribution in [1.29, 1.82) is 0 Å². The van der Waals surface area contributed by atoms with Crippen molar-refractivity contribution in [2.24, 2.45) is 23.5 Å². The number of fused-ring (bicyclic) bond motifs is 1. The highest BCUT2D eigenvalue weighted by Crippen LogP contribution is 2.31. The SMILES string of the molecule is CC[C@@H](C)[C@@H]1C(=O)N(C)[C@@H]([C@@H](C)CC)C(=O)N[C@@H](CC(N)=O)C(=O)N2CCC[C@H]2C(=O)N[C@@H](Cc2ccccc2)C(=O)O[C@@H](c2coc([C@@H](C)C=Cc3ccccc3)n2)[C@@H](C)C(=O)N[C@@H](C(=O)O)CC(=O)N1C. The minimum atomic E-state index is -1.85. The van der Waals surface area contributed by atoms with Crippen LogP contribution in [0, 0.1) is 17.8 Å². The van der Waals surface area contributed by atoms with Gasteiger partial charge >= 0.3 is 11.9 Å². The average molecular weight is 1010 g/mol. The zero-order valence-electron chi connectivity index (χ0n) is 42.8. The van der Waals surface area contributed by atoms with Crippen LogP contribution in [0.5, 0.6) is 0 Å². The Labute approximate surface area is 425 Å². The van der Waals surface area contributed by atoms with Gasteiger partial charge < -0.3 is 50.6 Å². The molecule has 0 aliphatic carbocycles.